The van der Waals surface area contributed by atoms with E-state index in [2.05, 4.69) is 34.7 Å². The lowest BCUT2D eigenvalue weighted by Crippen LogP contribution is -2.20. The molecule has 0 saturated heterocycles. The van der Waals surface area contributed by atoms with Gasteiger partial charge in [0.05, 0.1) is 6.04 Å². The first-order valence-corrected chi connectivity index (χ1v) is 6.14. The molecule has 3 atom stereocenters. The van der Waals surface area contributed by atoms with Gasteiger partial charge >= 0.3 is 0 Å². The summed E-state index contributed by atoms with van der Waals surface area (Å²) in [4.78, 5) is 0. The van der Waals surface area contributed by atoms with E-state index >= 15 is 0 Å². The smallest absolute Gasteiger partial charge is 0.167 e. The molecular formula is C11H21N5. The van der Waals surface area contributed by atoms with Crippen molar-refractivity contribution in [2.45, 2.75) is 45.7 Å². The van der Waals surface area contributed by atoms with Crippen LogP contribution in [0.25, 0.3) is 0 Å². The van der Waals surface area contributed by atoms with Crippen molar-refractivity contribution in [3.05, 3.63) is 5.82 Å². The molecule has 1 saturated carbocycles. The minimum atomic E-state index is 0.217. The SMILES string of the molecule is CNC(C)c1nnnn1CC1CCC(C)C1. The lowest BCUT2D eigenvalue weighted by Gasteiger charge is -2.13. The fourth-order valence-corrected chi connectivity index (χ4v) is 2.52. The van der Waals surface area contributed by atoms with E-state index in [1.165, 1.54) is 19.3 Å². The minimum Gasteiger partial charge on any atom is -0.311 e. The standard InChI is InChI=1S/C11H21N5/c1-8-4-5-10(6-8)7-16-11(9(2)12-3)13-14-15-16/h8-10,12H,4-7H2,1-3H3. The summed E-state index contributed by atoms with van der Waals surface area (Å²) < 4.78 is 1.96. The van der Waals surface area contributed by atoms with E-state index in [-0.39, 0.29) is 6.04 Å². The van der Waals surface area contributed by atoms with Gasteiger partial charge in [0.25, 0.3) is 0 Å². The third kappa shape index (κ3) is 2.40. The molecule has 16 heavy (non-hydrogen) atoms. The average molecular weight is 223 g/mol. The summed E-state index contributed by atoms with van der Waals surface area (Å²) in [5.41, 5.74) is 0. The van der Waals surface area contributed by atoms with Crippen LogP contribution in [-0.2, 0) is 6.54 Å². The van der Waals surface area contributed by atoms with E-state index in [0.29, 0.717) is 0 Å². The summed E-state index contributed by atoms with van der Waals surface area (Å²) in [6.45, 7) is 5.38. The highest BCUT2D eigenvalue weighted by atomic mass is 15.5. The molecule has 1 aliphatic rings. The molecule has 0 radical (unpaired) electrons. The van der Waals surface area contributed by atoms with Crippen LogP contribution in [0, 0.1) is 11.8 Å². The predicted molar refractivity (Wildman–Crippen MR) is 61.8 cm³/mol. The van der Waals surface area contributed by atoms with Crippen molar-refractivity contribution in [3.63, 3.8) is 0 Å². The van der Waals surface area contributed by atoms with E-state index in [4.69, 9.17) is 0 Å². The summed E-state index contributed by atoms with van der Waals surface area (Å²) >= 11 is 0. The monoisotopic (exact) mass is 223 g/mol. The van der Waals surface area contributed by atoms with Crippen LogP contribution < -0.4 is 5.32 Å². The summed E-state index contributed by atoms with van der Waals surface area (Å²) in [5.74, 6) is 2.56. The fourth-order valence-electron chi connectivity index (χ4n) is 2.52. The number of tetrazole rings is 1. The lowest BCUT2D eigenvalue weighted by atomic mass is 10.1. The Hall–Kier alpha value is -0.970. The second-order valence-electron chi connectivity index (χ2n) is 5.01. The van der Waals surface area contributed by atoms with Crippen LogP contribution in [-0.4, -0.2) is 27.3 Å². The van der Waals surface area contributed by atoms with Crippen molar-refractivity contribution in [1.82, 2.24) is 25.5 Å². The third-order valence-electron chi connectivity index (χ3n) is 3.61. The molecule has 3 unspecified atom stereocenters. The maximum Gasteiger partial charge on any atom is 0.167 e. The predicted octanol–water partition coefficient (Wildman–Crippen LogP) is 1.39. The molecule has 90 valence electrons. The molecule has 1 fully saturated rings. The Balaban J connectivity index is 2.01. The summed E-state index contributed by atoms with van der Waals surface area (Å²) in [6, 6.07) is 0.217. The highest BCUT2D eigenvalue weighted by molar-refractivity contribution is 4.89. The molecule has 1 aliphatic carbocycles. The first-order chi connectivity index (χ1) is 7.70. The van der Waals surface area contributed by atoms with Gasteiger partial charge in [-0.2, -0.15) is 0 Å². The van der Waals surface area contributed by atoms with Gasteiger partial charge in [0, 0.05) is 6.54 Å². The zero-order valence-electron chi connectivity index (χ0n) is 10.3. The fraction of sp³-hybridized carbons (Fsp3) is 0.909. The number of nitrogens with zero attached hydrogens (tertiary/aromatic N) is 4. The van der Waals surface area contributed by atoms with Gasteiger partial charge in [-0.3, -0.25) is 0 Å². The van der Waals surface area contributed by atoms with Crippen LogP contribution in [0.5, 0.6) is 0 Å². The van der Waals surface area contributed by atoms with Crippen molar-refractivity contribution < 1.29 is 0 Å². The minimum absolute atomic E-state index is 0.217. The molecule has 1 heterocycles. The Morgan fingerprint density at radius 3 is 2.94 bits per heavy atom. The summed E-state index contributed by atoms with van der Waals surface area (Å²) in [7, 11) is 1.93. The Labute approximate surface area is 96.6 Å². The topological polar surface area (TPSA) is 55.6 Å². The van der Waals surface area contributed by atoms with Crippen molar-refractivity contribution >= 4 is 0 Å². The maximum atomic E-state index is 4.09. The van der Waals surface area contributed by atoms with Crippen molar-refractivity contribution in [2.75, 3.05) is 7.05 Å². The van der Waals surface area contributed by atoms with Crippen LogP contribution in [0.3, 0.4) is 0 Å². The Bertz CT molecular complexity index is 335. The van der Waals surface area contributed by atoms with Gasteiger partial charge in [0.2, 0.25) is 0 Å². The second kappa shape index (κ2) is 4.91. The number of hydrogen-bond acceptors (Lipinski definition) is 4. The molecule has 0 aliphatic heterocycles. The van der Waals surface area contributed by atoms with Gasteiger partial charge < -0.3 is 5.32 Å². The molecule has 5 heteroatoms. The number of aromatic nitrogens is 4. The maximum absolute atomic E-state index is 4.09. The summed E-state index contributed by atoms with van der Waals surface area (Å²) in [6.07, 6.45) is 3.98. The number of nitrogens with one attached hydrogen (secondary N) is 1. The lowest BCUT2D eigenvalue weighted by molar-refractivity contribution is 0.390. The van der Waals surface area contributed by atoms with Gasteiger partial charge in [0.15, 0.2) is 5.82 Å². The number of hydrogen-bond donors (Lipinski definition) is 1. The zero-order valence-corrected chi connectivity index (χ0v) is 10.3. The third-order valence-corrected chi connectivity index (χ3v) is 3.61. The Morgan fingerprint density at radius 2 is 2.31 bits per heavy atom. The Kier molecular flexibility index (Phi) is 3.53. The van der Waals surface area contributed by atoms with Gasteiger partial charge in [0.1, 0.15) is 0 Å². The van der Waals surface area contributed by atoms with Crippen LogP contribution in [0.4, 0.5) is 0 Å². The second-order valence-corrected chi connectivity index (χ2v) is 5.01. The van der Waals surface area contributed by atoms with Crippen LogP contribution in [0.15, 0.2) is 0 Å². The zero-order chi connectivity index (χ0) is 11.5. The normalized spacial score (nSPS) is 27.2. The molecule has 1 aromatic heterocycles. The Morgan fingerprint density at radius 1 is 1.50 bits per heavy atom. The average Bonchev–Trinajstić information content (AvgIpc) is 2.87. The van der Waals surface area contributed by atoms with E-state index in [9.17, 15) is 0 Å². The van der Waals surface area contributed by atoms with Gasteiger partial charge in [-0.05, 0) is 49.1 Å². The molecule has 0 spiro atoms. The number of rotatable bonds is 4. The van der Waals surface area contributed by atoms with Gasteiger partial charge in [-0.15, -0.1) is 5.10 Å². The van der Waals surface area contributed by atoms with E-state index in [1.54, 1.807) is 0 Å². The molecule has 1 N–H and O–H groups in total. The molecule has 5 nitrogen and oxygen atoms in total. The van der Waals surface area contributed by atoms with Gasteiger partial charge in [-0.25, -0.2) is 4.68 Å². The van der Waals surface area contributed by atoms with Crippen molar-refractivity contribution in [3.8, 4) is 0 Å². The first kappa shape index (κ1) is 11.5. The van der Waals surface area contributed by atoms with E-state index in [1.807, 2.05) is 11.7 Å². The molecule has 0 bridgehead atoms. The van der Waals surface area contributed by atoms with Crippen LogP contribution in [0.2, 0.25) is 0 Å². The van der Waals surface area contributed by atoms with Crippen LogP contribution >= 0.6 is 0 Å². The first-order valence-electron chi connectivity index (χ1n) is 6.14. The van der Waals surface area contributed by atoms with E-state index in [0.717, 1.165) is 24.2 Å². The van der Waals surface area contributed by atoms with Crippen molar-refractivity contribution in [1.29, 1.82) is 0 Å². The highest BCUT2D eigenvalue weighted by Gasteiger charge is 2.23. The molecule has 0 aromatic carbocycles. The van der Waals surface area contributed by atoms with Crippen molar-refractivity contribution in [2.24, 2.45) is 11.8 Å². The summed E-state index contributed by atoms with van der Waals surface area (Å²) in [5, 5.41) is 15.1. The highest BCUT2D eigenvalue weighted by Crippen LogP contribution is 2.31. The van der Waals surface area contributed by atoms with E-state index < -0.39 is 0 Å². The van der Waals surface area contributed by atoms with Crippen LogP contribution in [0.1, 0.15) is 45.0 Å². The molecular weight excluding hydrogens is 202 g/mol. The largest absolute Gasteiger partial charge is 0.311 e. The quantitative estimate of drug-likeness (QED) is 0.838. The molecule has 2 rings (SSSR count). The molecule has 1 aromatic rings. The van der Waals surface area contributed by atoms with Gasteiger partial charge in [-0.1, -0.05) is 13.3 Å². The molecule has 0 amide bonds.